The van der Waals surface area contributed by atoms with E-state index in [4.69, 9.17) is 18.9 Å². The normalized spacial score (nSPS) is 33.6. The lowest BCUT2D eigenvalue weighted by atomic mass is 10.00. The van der Waals surface area contributed by atoms with Crippen molar-refractivity contribution in [2.75, 3.05) is 65.8 Å². The summed E-state index contributed by atoms with van der Waals surface area (Å²) in [4.78, 5) is 17.0. The first-order valence-corrected chi connectivity index (χ1v) is 10.7. The summed E-state index contributed by atoms with van der Waals surface area (Å²) in [7, 11) is 0. The highest BCUT2D eigenvalue weighted by molar-refractivity contribution is 5.77. The second-order valence-corrected chi connectivity index (χ2v) is 8.46. The molecule has 0 aromatic rings. The Kier molecular flexibility index (Phi) is 6.66. The first-order chi connectivity index (χ1) is 13.2. The van der Waals surface area contributed by atoms with E-state index in [0.29, 0.717) is 26.3 Å². The van der Waals surface area contributed by atoms with Crippen LogP contribution in [0.2, 0.25) is 0 Å². The average molecular weight is 383 g/mol. The van der Waals surface area contributed by atoms with Gasteiger partial charge in [-0.1, -0.05) is 12.8 Å². The van der Waals surface area contributed by atoms with Gasteiger partial charge < -0.3 is 23.8 Å². The third-order valence-corrected chi connectivity index (χ3v) is 6.35. The largest absolute Gasteiger partial charge is 0.379 e. The molecular weight excluding hydrogens is 348 g/mol. The van der Waals surface area contributed by atoms with Gasteiger partial charge in [0.25, 0.3) is 0 Å². The van der Waals surface area contributed by atoms with E-state index in [9.17, 15) is 4.79 Å². The van der Waals surface area contributed by atoms with Crippen molar-refractivity contribution in [2.45, 2.75) is 56.3 Å². The van der Waals surface area contributed by atoms with Crippen LogP contribution in [0.5, 0.6) is 0 Å². The van der Waals surface area contributed by atoms with Crippen LogP contribution < -0.4 is 0 Å². The van der Waals surface area contributed by atoms with Gasteiger partial charge in [0.15, 0.2) is 0 Å². The zero-order valence-electron chi connectivity index (χ0n) is 16.4. The summed E-state index contributed by atoms with van der Waals surface area (Å²) in [6.07, 6.45) is 7.09. The first kappa shape index (κ1) is 19.6. The Hall–Kier alpha value is -0.730. The molecule has 1 spiro atoms. The Balaban J connectivity index is 1.28. The van der Waals surface area contributed by atoms with Gasteiger partial charge >= 0.3 is 0 Å². The second kappa shape index (κ2) is 9.18. The molecule has 27 heavy (non-hydrogen) atoms. The molecule has 0 unspecified atom stereocenters. The highest BCUT2D eigenvalue weighted by atomic mass is 16.6. The van der Waals surface area contributed by atoms with Crippen molar-refractivity contribution in [3.8, 4) is 0 Å². The standard InChI is InChI=1S/C20H34N2O5/c23-19(14-26-17-3-1-2-4-17)22-9-12-25-16-20(15-22)6-5-18(27-20)13-21-7-10-24-11-8-21/h17-18H,1-16H2/t18-,20-/m0/s1. The molecule has 7 nitrogen and oxygen atoms in total. The van der Waals surface area contributed by atoms with E-state index in [1.807, 2.05) is 4.90 Å². The molecule has 0 aromatic heterocycles. The Morgan fingerprint density at radius 3 is 2.63 bits per heavy atom. The predicted molar refractivity (Wildman–Crippen MR) is 99.7 cm³/mol. The molecule has 3 heterocycles. The van der Waals surface area contributed by atoms with Crippen molar-refractivity contribution in [3.05, 3.63) is 0 Å². The molecule has 4 fully saturated rings. The van der Waals surface area contributed by atoms with E-state index in [2.05, 4.69) is 4.90 Å². The quantitative estimate of drug-likeness (QED) is 0.709. The van der Waals surface area contributed by atoms with Gasteiger partial charge in [0.2, 0.25) is 5.91 Å². The molecular formula is C20H34N2O5. The maximum Gasteiger partial charge on any atom is 0.248 e. The van der Waals surface area contributed by atoms with Crippen molar-refractivity contribution in [1.29, 1.82) is 0 Å². The van der Waals surface area contributed by atoms with E-state index in [1.165, 1.54) is 12.8 Å². The molecule has 3 aliphatic heterocycles. The summed E-state index contributed by atoms with van der Waals surface area (Å²) in [5.41, 5.74) is -0.351. The number of rotatable bonds is 5. The van der Waals surface area contributed by atoms with Gasteiger partial charge in [-0.2, -0.15) is 0 Å². The summed E-state index contributed by atoms with van der Waals surface area (Å²) in [5, 5.41) is 0. The zero-order valence-corrected chi connectivity index (χ0v) is 16.4. The number of morpholine rings is 1. The monoisotopic (exact) mass is 382 g/mol. The highest BCUT2D eigenvalue weighted by Crippen LogP contribution is 2.33. The van der Waals surface area contributed by atoms with E-state index in [1.54, 1.807) is 0 Å². The molecule has 3 saturated heterocycles. The van der Waals surface area contributed by atoms with Crippen molar-refractivity contribution in [3.63, 3.8) is 0 Å². The molecule has 0 radical (unpaired) electrons. The lowest BCUT2D eigenvalue weighted by molar-refractivity contribution is -0.143. The van der Waals surface area contributed by atoms with Crippen LogP contribution in [0.3, 0.4) is 0 Å². The Morgan fingerprint density at radius 1 is 1.04 bits per heavy atom. The number of amides is 1. The van der Waals surface area contributed by atoms with Crippen LogP contribution in [0.25, 0.3) is 0 Å². The van der Waals surface area contributed by atoms with Gasteiger partial charge in [0.05, 0.1) is 45.2 Å². The fraction of sp³-hybridized carbons (Fsp3) is 0.950. The Labute approximate surface area is 162 Å². The lowest BCUT2D eigenvalue weighted by Gasteiger charge is -2.33. The summed E-state index contributed by atoms with van der Waals surface area (Å²) in [6.45, 7) is 7.13. The second-order valence-electron chi connectivity index (χ2n) is 8.46. The number of nitrogens with zero attached hydrogens (tertiary/aromatic N) is 2. The molecule has 7 heteroatoms. The molecule has 154 valence electrons. The minimum atomic E-state index is -0.351. The molecule has 1 amide bonds. The van der Waals surface area contributed by atoms with E-state index in [0.717, 1.165) is 58.5 Å². The number of carbonyl (C=O) groups is 1. The molecule has 4 aliphatic rings. The molecule has 1 saturated carbocycles. The number of hydrogen-bond acceptors (Lipinski definition) is 6. The van der Waals surface area contributed by atoms with E-state index in [-0.39, 0.29) is 30.3 Å². The molecule has 0 bridgehead atoms. The minimum absolute atomic E-state index is 0.0759. The Morgan fingerprint density at radius 2 is 1.81 bits per heavy atom. The summed E-state index contributed by atoms with van der Waals surface area (Å²) in [6, 6.07) is 0. The highest BCUT2D eigenvalue weighted by Gasteiger charge is 2.44. The van der Waals surface area contributed by atoms with Gasteiger partial charge in [0, 0.05) is 26.2 Å². The third kappa shape index (κ3) is 5.21. The molecule has 1 aliphatic carbocycles. The maximum atomic E-state index is 12.7. The SMILES string of the molecule is O=C(COC1CCCC1)N1CCOC[C@]2(CC[C@@H](CN3CCOCC3)O2)C1. The smallest absolute Gasteiger partial charge is 0.248 e. The van der Waals surface area contributed by atoms with Gasteiger partial charge in [-0.05, 0) is 25.7 Å². The molecule has 2 atom stereocenters. The zero-order chi connectivity index (χ0) is 18.5. The predicted octanol–water partition coefficient (Wildman–Crippen LogP) is 1.05. The molecule has 0 aromatic carbocycles. The fourth-order valence-electron chi connectivity index (χ4n) is 4.77. The summed E-state index contributed by atoms with van der Waals surface area (Å²) >= 11 is 0. The van der Waals surface area contributed by atoms with Gasteiger partial charge in [0.1, 0.15) is 12.2 Å². The van der Waals surface area contributed by atoms with Gasteiger partial charge in [-0.3, -0.25) is 9.69 Å². The molecule has 4 rings (SSSR count). The lowest BCUT2D eigenvalue weighted by Crippen LogP contribution is -2.48. The van der Waals surface area contributed by atoms with Crippen molar-refractivity contribution in [2.24, 2.45) is 0 Å². The van der Waals surface area contributed by atoms with Crippen LogP contribution in [-0.4, -0.2) is 99.3 Å². The van der Waals surface area contributed by atoms with Gasteiger partial charge in [-0.25, -0.2) is 0 Å². The van der Waals surface area contributed by atoms with E-state index >= 15 is 0 Å². The summed E-state index contributed by atoms with van der Waals surface area (Å²) in [5.74, 6) is 0.0759. The first-order valence-electron chi connectivity index (χ1n) is 10.7. The topological polar surface area (TPSA) is 60.5 Å². The van der Waals surface area contributed by atoms with Crippen LogP contribution in [0, 0.1) is 0 Å². The van der Waals surface area contributed by atoms with E-state index < -0.39 is 0 Å². The average Bonchev–Trinajstić information content (AvgIpc) is 3.28. The number of carbonyl (C=O) groups excluding carboxylic acids is 1. The van der Waals surface area contributed by atoms with Crippen molar-refractivity contribution in [1.82, 2.24) is 9.80 Å². The van der Waals surface area contributed by atoms with Crippen LogP contribution in [0.1, 0.15) is 38.5 Å². The Bertz CT molecular complexity index is 493. The number of ether oxygens (including phenoxy) is 4. The van der Waals surface area contributed by atoms with Crippen LogP contribution in [-0.2, 0) is 23.7 Å². The summed E-state index contributed by atoms with van der Waals surface area (Å²) < 4.78 is 23.6. The van der Waals surface area contributed by atoms with Crippen molar-refractivity contribution >= 4 is 5.91 Å². The van der Waals surface area contributed by atoms with Crippen LogP contribution in [0.4, 0.5) is 0 Å². The third-order valence-electron chi connectivity index (χ3n) is 6.35. The maximum absolute atomic E-state index is 12.7. The van der Waals surface area contributed by atoms with Gasteiger partial charge in [-0.15, -0.1) is 0 Å². The minimum Gasteiger partial charge on any atom is -0.379 e. The van der Waals surface area contributed by atoms with Crippen LogP contribution >= 0.6 is 0 Å². The number of hydrogen-bond donors (Lipinski definition) is 0. The van der Waals surface area contributed by atoms with Crippen molar-refractivity contribution < 1.29 is 23.7 Å². The van der Waals surface area contributed by atoms with Crippen LogP contribution in [0.15, 0.2) is 0 Å². The molecule has 0 N–H and O–H groups in total. The fourth-order valence-corrected chi connectivity index (χ4v) is 4.77.